The highest BCUT2D eigenvalue weighted by molar-refractivity contribution is 5.95. The first-order chi connectivity index (χ1) is 11.5. The number of phenolic OH excluding ortho intramolecular Hbond substituents is 1. The molecule has 0 aliphatic heterocycles. The molecule has 24 heavy (non-hydrogen) atoms. The number of hydrogen-bond donors (Lipinski definition) is 3. The maximum Gasteiger partial charge on any atom is 0.251 e. The van der Waals surface area contributed by atoms with Crippen molar-refractivity contribution in [3.05, 3.63) is 65.2 Å². The van der Waals surface area contributed by atoms with Crippen LogP contribution in [0.2, 0.25) is 0 Å². The average molecular weight is 326 g/mol. The van der Waals surface area contributed by atoms with Crippen LogP contribution in [0.15, 0.2) is 48.5 Å². The van der Waals surface area contributed by atoms with E-state index in [1.807, 2.05) is 19.9 Å². The molecule has 3 N–H and O–H groups in total. The molecule has 1 atom stereocenters. The lowest BCUT2D eigenvalue weighted by molar-refractivity contribution is 0.0936. The van der Waals surface area contributed by atoms with E-state index in [9.17, 15) is 14.7 Å². The molecule has 0 saturated carbocycles. The number of aromatic hydroxyl groups is 1. The smallest absolute Gasteiger partial charge is 0.251 e. The van der Waals surface area contributed by atoms with Crippen molar-refractivity contribution in [2.24, 2.45) is 0 Å². The Morgan fingerprint density at radius 1 is 1.04 bits per heavy atom. The van der Waals surface area contributed by atoms with E-state index in [1.165, 1.54) is 12.1 Å². The minimum absolute atomic E-state index is 0.0476. The van der Waals surface area contributed by atoms with E-state index in [2.05, 4.69) is 10.6 Å². The van der Waals surface area contributed by atoms with Crippen LogP contribution in [-0.2, 0) is 6.54 Å². The van der Waals surface area contributed by atoms with E-state index in [0.717, 1.165) is 12.0 Å². The van der Waals surface area contributed by atoms with Gasteiger partial charge in [0.05, 0.1) is 0 Å². The molecule has 2 aromatic rings. The number of carbonyl (C=O) groups excluding carboxylic acids is 2. The van der Waals surface area contributed by atoms with Gasteiger partial charge in [-0.3, -0.25) is 9.59 Å². The van der Waals surface area contributed by atoms with E-state index >= 15 is 0 Å². The molecule has 0 fully saturated rings. The summed E-state index contributed by atoms with van der Waals surface area (Å²) >= 11 is 0. The van der Waals surface area contributed by atoms with Gasteiger partial charge in [0, 0.05) is 23.7 Å². The summed E-state index contributed by atoms with van der Waals surface area (Å²) in [4.78, 5) is 24.2. The van der Waals surface area contributed by atoms with E-state index in [4.69, 9.17) is 0 Å². The fraction of sp³-hybridized carbons (Fsp3) is 0.263. The number of amides is 2. The molecule has 0 radical (unpaired) electrons. The fourth-order valence-electron chi connectivity index (χ4n) is 2.16. The van der Waals surface area contributed by atoms with Gasteiger partial charge in [0.2, 0.25) is 0 Å². The Labute approximate surface area is 141 Å². The first-order valence-electron chi connectivity index (χ1n) is 7.96. The zero-order chi connectivity index (χ0) is 17.5. The molecule has 126 valence electrons. The van der Waals surface area contributed by atoms with Gasteiger partial charge in [-0.15, -0.1) is 0 Å². The third-order valence-corrected chi connectivity index (χ3v) is 3.74. The van der Waals surface area contributed by atoms with Crippen molar-refractivity contribution in [3.63, 3.8) is 0 Å². The molecule has 0 heterocycles. The number of nitrogens with one attached hydrogen (secondary N) is 2. The highest BCUT2D eigenvalue weighted by Gasteiger charge is 2.10. The van der Waals surface area contributed by atoms with Crippen LogP contribution in [0.25, 0.3) is 0 Å². The summed E-state index contributed by atoms with van der Waals surface area (Å²) in [6, 6.07) is 13.4. The van der Waals surface area contributed by atoms with Crippen molar-refractivity contribution in [2.45, 2.75) is 32.9 Å². The summed E-state index contributed by atoms with van der Waals surface area (Å²) in [7, 11) is 0. The number of rotatable bonds is 6. The summed E-state index contributed by atoms with van der Waals surface area (Å²) in [6.45, 7) is 4.27. The topological polar surface area (TPSA) is 78.4 Å². The number of phenols is 1. The van der Waals surface area contributed by atoms with Gasteiger partial charge < -0.3 is 15.7 Å². The average Bonchev–Trinajstić information content (AvgIpc) is 2.59. The predicted molar refractivity (Wildman–Crippen MR) is 92.9 cm³/mol. The quantitative estimate of drug-likeness (QED) is 0.764. The molecule has 2 aromatic carbocycles. The fourth-order valence-corrected chi connectivity index (χ4v) is 2.16. The summed E-state index contributed by atoms with van der Waals surface area (Å²) in [6.07, 6.45) is 0.866. The van der Waals surface area contributed by atoms with Crippen LogP contribution >= 0.6 is 0 Å². The summed E-state index contributed by atoms with van der Waals surface area (Å²) in [5.74, 6) is -0.350. The molecule has 0 aromatic heterocycles. The number of carbonyl (C=O) groups is 2. The first kappa shape index (κ1) is 17.5. The van der Waals surface area contributed by atoms with E-state index < -0.39 is 0 Å². The summed E-state index contributed by atoms with van der Waals surface area (Å²) in [5, 5.41) is 15.1. The minimum atomic E-state index is -0.277. The lowest BCUT2D eigenvalue weighted by Crippen LogP contribution is -2.32. The van der Waals surface area contributed by atoms with Crippen molar-refractivity contribution in [3.8, 4) is 5.75 Å². The molecule has 0 aliphatic carbocycles. The third kappa shape index (κ3) is 4.84. The Morgan fingerprint density at radius 2 is 1.71 bits per heavy atom. The predicted octanol–water partition coefficient (Wildman–Crippen LogP) is 2.85. The molecule has 0 saturated heterocycles. The molecule has 2 amide bonds. The molecule has 1 unspecified atom stereocenters. The molecule has 0 bridgehead atoms. The highest BCUT2D eigenvalue weighted by atomic mass is 16.3. The van der Waals surface area contributed by atoms with Gasteiger partial charge in [-0.25, -0.2) is 0 Å². The van der Waals surface area contributed by atoms with Crippen molar-refractivity contribution in [2.75, 3.05) is 0 Å². The van der Waals surface area contributed by atoms with E-state index in [-0.39, 0.29) is 23.6 Å². The van der Waals surface area contributed by atoms with Crippen LogP contribution in [0, 0.1) is 0 Å². The Bertz CT molecular complexity index is 728. The Balaban J connectivity index is 1.99. The van der Waals surface area contributed by atoms with E-state index in [0.29, 0.717) is 17.7 Å². The summed E-state index contributed by atoms with van der Waals surface area (Å²) in [5.41, 5.74) is 1.79. The van der Waals surface area contributed by atoms with Gasteiger partial charge in [-0.1, -0.05) is 25.1 Å². The Kier molecular flexibility index (Phi) is 5.95. The van der Waals surface area contributed by atoms with Gasteiger partial charge >= 0.3 is 0 Å². The Morgan fingerprint density at radius 3 is 2.38 bits per heavy atom. The highest BCUT2D eigenvalue weighted by Crippen LogP contribution is 2.11. The summed E-state index contributed by atoms with van der Waals surface area (Å²) < 4.78 is 0. The van der Waals surface area contributed by atoms with Crippen LogP contribution in [0.3, 0.4) is 0 Å². The molecular formula is C19H22N2O3. The zero-order valence-corrected chi connectivity index (χ0v) is 13.9. The van der Waals surface area contributed by atoms with E-state index in [1.54, 1.807) is 30.3 Å². The second kappa shape index (κ2) is 8.15. The normalized spacial score (nSPS) is 11.6. The zero-order valence-electron chi connectivity index (χ0n) is 13.9. The van der Waals surface area contributed by atoms with Crippen LogP contribution in [-0.4, -0.2) is 23.0 Å². The van der Waals surface area contributed by atoms with Crippen molar-refractivity contribution >= 4 is 11.8 Å². The molecule has 0 aliphatic rings. The van der Waals surface area contributed by atoms with Crippen molar-refractivity contribution in [1.82, 2.24) is 10.6 Å². The van der Waals surface area contributed by atoms with Gasteiger partial charge in [-0.2, -0.15) is 0 Å². The third-order valence-electron chi connectivity index (χ3n) is 3.74. The molecule has 0 spiro atoms. The van der Waals surface area contributed by atoms with Crippen LogP contribution in [0.5, 0.6) is 5.75 Å². The number of hydrogen-bond acceptors (Lipinski definition) is 3. The molecule has 5 heteroatoms. The molecule has 5 nitrogen and oxygen atoms in total. The second-order valence-corrected chi connectivity index (χ2v) is 5.72. The SMILES string of the molecule is CCC(C)NC(=O)c1cccc(CNC(=O)c2cccc(O)c2)c1. The van der Waals surface area contributed by atoms with Gasteiger partial charge in [0.15, 0.2) is 0 Å². The van der Waals surface area contributed by atoms with Crippen LogP contribution in [0.1, 0.15) is 46.5 Å². The van der Waals surface area contributed by atoms with Gasteiger partial charge in [-0.05, 0) is 49.2 Å². The van der Waals surface area contributed by atoms with Crippen LogP contribution in [0.4, 0.5) is 0 Å². The maximum atomic E-state index is 12.1. The van der Waals surface area contributed by atoms with Crippen LogP contribution < -0.4 is 10.6 Å². The van der Waals surface area contributed by atoms with Crippen molar-refractivity contribution in [1.29, 1.82) is 0 Å². The molecule has 2 rings (SSSR count). The van der Waals surface area contributed by atoms with Gasteiger partial charge in [0.1, 0.15) is 5.75 Å². The standard InChI is InChI=1S/C19H22N2O3/c1-3-13(2)21-19(24)15-7-4-6-14(10-15)12-20-18(23)16-8-5-9-17(22)11-16/h4-11,13,22H,3,12H2,1-2H3,(H,20,23)(H,21,24). The number of benzene rings is 2. The second-order valence-electron chi connectivity index (χ2n) is 5.72. The minimum Gasteiger partial charge on any atom is -0.508 e. The monoisotopic (exact) mass is 326 g/mol. The lowest BCUT2D eigenvalue weighted by atomic mass is 10.1. The Hall–Kier alpha value is -2.82. The lowest BCUT2D eigenvalue weighted by Gasteiger charge is -2.12. The van der Waals surface area contributed by atoms with Gasteiger partial charge in [0.25, 0.3) is 11.8 Å². The van der Waals surface area contributed by atoms with Crippen molar-refractivity contribution < 1.29 is 14.7 Å². The first-order valence-corrected chi connectivity index (χ1v) is 7.96. The largest absolute Gasteiger partial charge is 0.508 e. The maximum absolute atomic E-state index is 12.1. The molecular weight excluding hydrogens is 304 g/mol.